The van der Waals surface area contributed by atoms with Crippen LogP contribution in [0.15, 0.2) is 10.7 Å². The third-order valence-corrected chi connectivity index (χ3v) is 4.57. The summed E-state index contributed by atoms with van der Waals surface area (Å²) >= 11 is 7.20. The number of hydrogen-bond donors (Lipinski definition) is 0. The first-order chi connectivity index (χ1) is 6.52. The molecule has 1 aromatic rings. The molecule has 80 valence electrons. The van der Waals surface area contributed by atoms with Gasteiger partial charge in [-0.15, -0.1) is 0 Å². The number of alkyl halides is 1. The third-order valence-electron chi connectivity index (χ3n) is 2.39. The summed E-state index contributed by atoms with van der Waals surface area (Å²) in [6.45, 7) is 4.47. The van der Waals surface area contributed by atoms with E-state index in [0.29, 0.717) is 10.7 Å². The molecular weight excluding hydrogens is 308 g/mol. The molecule has 1 rings (SSSR count). The van der Waals surface area contributed by atoms with E-state index in [1.54, 1.807) is 0 Å². The number of nitrogens with zero attached hydrogens (tertiary/aromatic N) is 2. The minimum Gasteiger partial charge on any atom is -0.271 e. The van der Waals surface area contributed by atoms with Crippen molar-refractivity contribution < 1.29 is 0 Å². The molecule has 0 aliphatic heterocycles. The van der Waals surface area contributed by atoms with Gasteiger partial charge in [-0.2, -0.15) is 5.10 Å². The molecule has 0 spiro atoms. The monoisotopic (exact) mass is 322 g/mol. The first-order valence-electron chi connectivity index (χ1n) is 4.82. The highest BCUT2D eigenvalue weighted by atomic mass is 79.9. The van der Waals surface area contributed by atoms with Gasteiger partial charge in [0, 0.05) is 11.9 Å². The summed E-state index contributed by atoms with van der Waals surface area (Å²) in [4.78, 5) is 0.587. The predicted octanol–water partition coefficient (Wildman–Crippen LogP) is 3.53. The second-order valence-electron chi connectivity index (χ2n) is 3.86. The standard InChI is InChI=1S/C10H16Br2N2/c1-7(2)8(11)4-5-10-9(12)6-13-14(10)3/h6-8H,4-5H2,1-3H3. The molecule has 2 nitrogen and oxygen atoms in total. The van der Waals surface area contributed by atoms with Crippen molar-refractivity contribution in [3.05, 3.63) is 16.4 Å². The van der Waals surface area contributed by atoms with Crippen molar-refractivity contribution in [3.8, 4) is 0 Å². The summed E-state index contributed by atoms with van der Waals surface area (Å²) in [6, 6.07) is 0. The van der Waals surface area contributed by atoms with E-state index in [2.05, 4.69) is 50.8 Å². The van der Waals surface area contributed by atoms with E-state index in [1.807, 2.05) is 17.9 Å². The Balaban J connectivity index is 2.53. The molecule has 0 aliphatic rings. The van der Waals surface area contributed by atoms with Crippen LogP contribution in [0.4, 0.5) is 0 Å². The maximum atomic E-state index is 4.19. The molecule has 1 unspecified atom stereocenters. The summed E-state index contributed by atoms with van der Waals surface area (Å²) < 4.78 is 3.05. The summed E-state index contributed by atoms with van der Waals surface area (Å²) in [5.41, 5.74) is 1.27. The smallest absolute Gasteiger partial charge is 0.0635 e. The second-order valence-corrected chi connectivity index (χ2v) is 5.89. The molecule has 14 heavy (non-hydrogen) atoms. The lowest BCUT2D eigenvalue weighted by Crippen LogP contribution is -2.10. The van der Waals surface area contributed by atoms with Gasteiger partial charge < -0.3 is 0 Å². The molecule has 0 fully saturated rings. The van der Waals surface area contributed by atoms with E-state index in [9.17, 15) is 0 Å². The van der Waals surface area contributed by atoms with Gasteiger partial charge >= 0.3 is 0 Å². The Morgan fingerprint density at radius 3 is 2.57 bits per heavy atom. The molecule has 0 N–H and O–H groups in total. The quantitative estimate of drug-likeness (QED) is 0.775. The van der Waals surface area contributed by atoms with Gasteiger partial charge in [0.15, 0.2) is 0 Å². The van der Waals surface area contributed by atoms with Gasteiger partial charge in [-0.1, -0.05) is 29.8 Å². The maximum absolute atomic E-state index is 4.19. The van der Waals surface area contributed by atoms with E-state index >= 15 is 0 Å². The van der Waals surface area contributed by atoms with Crippen LogP contribution in [0.3, 0.4) is 0 Å². The average molecular weight is 324 g/mol. The normalized spacial score (nSPS) is 13.6. The van der Waals surface area contributed by atoms with Gasteiger partial charge in [-0.25, -0.2) is 0 Å². The topological polar surface area (TPSA) is 17.8 Å². The van der Waals surface area contributed by atoms with Gasteiger partial charge in [-0.3, -0.25) is 4.68 Å². The molecule has 0 aliphatic carbocycles. The van der Waals surface area contributed by atoms with Crippen LogP contribution in [-0.2, 0) is 13.5 Å². The Labute approximate surface area is 102 Å². The summed E-state index contributed by atoms with van der Waals surface area (Å²) in [6.07, 6.45) is 4.06. The molecular formula is C10H16Br2N2. The zero-order valence-corrected chi connectivity index (χ0v) is 12.0. The lowest BCUT2D eigenvalue weighted by Gasteiger charge is -2.13. The highest BCUT2D eigenvalue weighted by Crippen LogP contribution is 2.22. The summed E-state index contributed by atoms with van der Waals surface area (Å²) in [5.74, 6) is 0.682. The fraction of sp³-hybridized carbons (Fsp3) is 0.700. The van der Waals surface area contributed by atoms with Crippen molar-refractivity contribution in [3.63, 3.8) is 0 Å². The average Bonchev–Trinajstić information content (AvgIpc) is 2.43. The van der Waals surface area contributed by atoms with Gasteiger partial charge in [0.05, 0.1) is 16.4 Å². The van der Waals surface area contributed by atoms with Crippen LogP contribution in [0, 0.1) is 5.92 Å². The molecule has 1 heterocycles. The largest absolute Gasteiger partial charge is 0.271 e. The molecule has 0 aromatic carbocycles. The fourth-order valence-corrected chi connectivity index (χ4v) is 2.10. The highest BCUT2D eigenvalue weighted by molar-refractivity contribution is 9.10. The van der Waals surface area contributed by atoms with Crippen molar-refractivity contribution in [2.75, 3.05) is 0 Å². The van der Waals surface area contributed by atoms with Crippen LogP contribution < -0.4 is 0 Å². The SMILES string of the molecule is CC(C)C(Br)CCc1c(Br)cnn1C. The fourth-order valence-electron chi connectivity index (χ4n) is 1.33. The van der Waals surface area contributed by atoms with Crippen LogP contribution in [0.25, 0.3) is 0 Å². The van der Waals surface area contributed by atoms with Crippen molar-refractivity contribution in [2.24, 2.45) is 13.0 Å². The molecule has 4 heteroatoms. The number of aryl methyl sites for hydroxylation is 1. The van der Waals surface area contributed by atoms with Crippen molar-refractivity contribution in [2.45, 2.75) is 31.5 Å². The molecule has 0 saturated carbocycles. The van der Waals surface area contributed by atoms with Gasteiger partial charge in [-0.05, 0) is 34.7 Å². The highest BCUT2D eigenvalue weighted by Gasteiger charge is 2.12. The van der Waals surface area contributed by atoms with Crippen molar-refractivity contribution in [1.29, 1.82) is 0 Å². The molecule has 1 atom stereocenters. The first-order valence-corrected chi connectivity index (χ1v) is 6.53. The minimum absolute atomic E-state index is 0.587. The number of hydrogen-bond acceptors (Lipinski definition) is 1. The molecule has 0 amide bonds. The van der Waals surface area contributed by atoms with E-state index < -0.39 is 0 Å². The third kappa shape index (κ3) is 3.09. The zero-order valence-electron chi connectivity index (χ0n) is 8.80. The van der Waals surface area contributed by atoms with Crippen LogP contribution >= 0.6 is 31.9 Å². The summed E-state index contributed by atoms with van der Waals surface area (Å²) in [5, 5.41) is 4.19. The van der Waals surface area contributed by atoms with Crippen molar-refractivity contribution >= 4 is 31.9 Å². The van der Waals surface area contributed by atoms with E-state index in [-0.39, 0.29) is 0 Å². The van der Waals surface area contributed by atoms with Gasteiger partial charge in [0.1, 0.15) is 0 Å². The first kappa shape index (κ1) is 12.2. The van der Waals surface area contributed by atoms with E-state index in [1.165, 1.54) is 5.69 Å². The number of rotatable bonds is 4. The summed E-state index contributed by atoms with van der Waals surface area (Å²) in [7, 11) is 1.98. The Hall–Kier alpha value is 0.170. The number of halogens is 2. The molecule has 0 saturated heterocycles. The Morgan fingerprint density at radius 1 is 1.50 bits per heavy atom. The predicted molar refractivity (Wildman–Crippen MR) is 66.8 cm³/mol. The van der Waals surface area contributed by atoms with E-state index in [0.717, 1.165) is 17.3 Å². The van der Waals surface area contributed by atoms with E-state index in [4.69, 9.17) is 0 Å². The lowest BCUT2D eigenvalue weighted by atomic mass is 10.1. The lowest BCUT2D eigenvalue weighted by molar-refractivity contribution is 0.567. The van der Waals surface area contributed by atoms with Crippen LogP contribution in [0.1, 0.15) is 26.0 Å². The maximum Gasteiger partial charge on any atom is 0.0635 e. The van der Waals surface area contributed by atoms with Crippen LogP contribution in [-0.4, -0.2) is 14.6 Å². The Bertz CT molecular complexity index is 275. The van der Waals surface area contributed by atoms with Crippen LogP contribution in [0.2, 0.25) is 0 Å². The Morgan fingerprint density at radius 2 is 2.14 bits per heavy atom. The number of aromatic nitrogens is 2. The molecule has 0 bridgehead atoms. The molecule has 1 aromatic heterocycles. The van der Waals surface area contributed by atoms with Crippen LogP contribution in [0.5, 0.6) is 0 Å². The zero-order chi connectivity index (χ0) is 10.7. The minimum atomic E-state index is 0.587. The van der Waals surface area contributed by atoms with Crippen molar-refractivity contribution in [1.82, 2.24) is 9.78 Å². The second kappa shape index (κ2) is 5.31. The van der Waals surface area contributed by atoms with Gasteiger partial charge in [0.2, 0.25) is 0 Å². The Kier molecular flexibility index (Phi) is 4.64. The molecule has 0 radical (unpaired) electrons. The van der Waals surface area contributed by atoms with Gasteiger partial charge in [0.25, 0.3) is 0 Å².